The molecule has 3 aromatic rings. The molecular weight excluding hydrogens is 397 g/mol. The fourth-order valence-corrected chi connectivity index (χ4v) is 4.11. The standard InChI is InChI=1S/C25H24FNO4/c1-15(2)27-22(12-11-19-13-18(28)14-23(29)31-19)24(16-7-9-17(26)10-8-16)20-5-3-4-6-21(20)25(27)30/h3-12,15,18-19,28H,13-14H2,1-2H3/t18-,19-/m1/s1. The average Bonchev–Trinajstić information content (AvgIpc) is 2.72. The van der Waals surface area contributed by atoms with Crippen LogP contribution in [-0.2, 0) is 9.53 Å². The quantitative estimate of drug-likeness (QED) is 0.631. The predicted molar refractivity (Wildman–Crippen MR) is 118 cm³/mol. The number of carbonyl (C=O) groups excluding carboxylic acids is 1. The zero-order chi connectivity index (χ0) is 22.1. The molecule has 2 aromatic carbocycles. The highest BCUT2D eigenvalue weighted by molar-refractivity contribution is 5.99. The van der Waals surface area contributed by atoms with Crippen molar-refractivity contribution >= 4 is 22.8 Å². The lowest BCUT2D eigenvalue weighted by Gasteiger charge is -2.24. The SMILES string of the molecule is CC(C)n1c(C=C[C@@H]2C[C@@H](O)CC(=O)O2)c(-c2ccc(F)cc2)c2ccccc2c1=O. The summed E-state index contributed by atoms with van der Waals surface area (Å²) in [5.41, 5.74) is 2.08. The van der Waals surface area contributed by atoms with Crippen molar-refractivity contribution in [2.75, 3.05) is 0 Å². The van der Waals surface area contributed by atoms with E-state index < -0.39 is 18.2 Å². The number of aliphatic hydroxyl groups is 1. The number of carbonyl (C=O) groups is 1. The number of nitrogens with zero attached hydrogens (tertiary/aromatic N) is 1. The minimum absolute atomic E-state index is 0.0160. The second-order valence-corrected chi connectivity index (χ2v) is 8.06. The highest BCUT2D eigenvalue weighted by Crippen LogP contribution is 2.33. The molecule has 5 nitrogen and oxygen atoms in total. The van der Waals surface area contributed by atoms with E-state index in [4.69, 9.17) is 4.74 Å². The van der Waals surface area contributed by atoms with Crippen LogP contribution in [0.5, 0.6) is 0 Å². The van der Waals surface area contributed by atoms with E-state index in [0.717, 1.165) is 16.5 Å². The molecule has 2 atom stereocenters. The van der Waals surface area contributed by atoms with E-state index in [-0.39, 0.29) is 23.8 Å². The van der Waals surface area contributed by atoms with E-state index in [2.05, 4.69) is 0 Å². The first-order valence-electron chi connectivity index (χ1n) is 10.3. The third-order valence-electron chi connectivity index (χ3n) is 5.47. The molecule has 1 aromatic heterocycles. The number of esters is 1. The molecule has 0 spiro atoms. The highest BCUT2D eigenvalue weighted by atomic mass is 19.1. The van der Waals surface area contributed by atoms with Crippen molar-refractivity contribution in [3.8, 4) is 11.1 Å². The van der Waals surface area contributed by atoms with Gasteiger partial charge in [0.1, 0.15) is 11.9 Å². The van der Waals surface area contributed by atoms with Gasteiger partial charge in [-0.3, -0.25) is 9.59 Å². The largest absolute Gasteiger partial charge is 0.458 e. The Morgan fingerprint density at radius 2 is 1.77 bits per heavy atom. The summed E-state index contributed by atoms with van der Waals surface area (Å²) < 4.78 is 20.6. The average molecular weight is 421 g/mol. The van der Waals surface area contributed by atoms with Gasteiger partial charge < -0.3 is 14.4 Å². The lowest BCUT2D eigenvalue weighted by atomic mass is 9.95. The van der Waals surface area contributed by atoms with Crippen LogP contribution in [-0.4, -0.2) is 27.9 Å². The van der Waals surface area contributed by atoms with Crippen molar-refractivity contribution in [3.05, 3.63) is 76.5 Å². The Balaban J connectivity index is 1.97. The molecule has 6 heteroatoms. The number of hydrogen-bond acceptors (Lipinski definition) is 4. The molecule has 0 saturated carbocycles. The lowest BCUT2D eigenvalue weighted by molar-refractivity contribution is -0.156. The highest BCUT2D eigenvalue weighted by Gasteiger charge is 2.26. The van der Waals surface area contributed by atoms with Gasteiger partial charge in [0.25, 0.3) is 5.56 Å². The van der Waals surface area contributed by atoms with Crippen LogP contribution < -0.4 is 5.56 Å². The molecule has 1 N–H and O–H groups in total. The molecule has 0 amide bonds. The third kappa shape index (κ3) is 4.16. The van der Waals surface area contributed by atoms with Crippen molar-refractivity contribution < 1.29 is 19.0 Å². The van der Waals surface area contributed by atoms with Gasteiger partial charge in [0.05, 0.1) is 18.2 Å². The molecule has 1 aliphatic heterocycles. The first kappa shape index (κ1) is 21.0. The Morgan fingerprint density at radius 1 is 1.10 bits per heavy atom. The number of hydrogen-bond donors (Lipinski definition) is 1. The van der Waals surface area contributed by atoms with Crippen LogP contribution in [0.1, 0.15) is 38.4 Å². The molecule has 4 rings (SSSR count). The first-order chi connectivity index (χ1) is 14.8. The number of fused-ring (bicyclic) bond motifs is 1. The number of halogens is 1. The molecule has 0 aliphatic carbocycles. The summed E-state index contributed by atoms with van der Waals surface area (Å²) in [4.78, 5) is 25.0. The molecule has 160 valence electrons. The van der Waals surface area contributed by atoms with Gasteiger partial charge in [0, 0.05) is 23.4 Å². The second-order valence-electron chi connectivity index (χ2n) is 8.06. The Labute approximate surface area is 179 Å². The smallest absolute Gasteiger partial charge is 0.309 e. The van der Waals surface area contributed by atoms with Crippen molar-refractivity contribution in [2.45, 2.75) is 44.9 Å². The minimum Gasteiger partial charge on any atom is -0.458 e. The summed E-state index contributed by atoms with van der Waals surface area (Å²) >= 11 is 0. The molecule has 0 radical (unpaired) electrons. The summed E-state index contributed by atoms with van der Waals surface area (Å²) in [5, 5.41) is 11.2. The van der Waals surface area contributed by atoms with E-state index in [1.54, 1.807) is 34.9 Å². The summed E-state index contributed by atoms with van der Waals surface area (Å²) in [5.74, 6) is -0.794. The van der Waals surface area contributed by atoms with Crippen LogP contribution >= 0.6 is 0 Å². The molecule has 31 heavy (non-hydrogen) atoms. The summed E-state index contributed by atoms with van der Waals surface area (Å²) in [6.45, 7) is 3.85. The summed E-state index contributed by atoms with van der Waals surface area (Å²) in [6.07, 6.45) is 2.42. The normalized spacial score (nSPS) is 19.3. The zero-order valence-electron chi connectivity index (χ0n) is 17.4. The minimum atomic E-state index is -0.753. The number of ether oxygens (including phenoxy) is 1. The van der Waals surface area contributed by atoms with E-state index in [9.17, 15) is 19.1 Å². The van der Waals surface area contributed by atoms with E-state index in [1.807, 2.05) is 32.0 Å². The predicted octanol–water partition coefficient (Wildman–Crippen LogP) is 4.47. The van der Waals surface area contributed by atoms with Crippen molar-refractivity contribution in [1.29, 1.82) is 0 Å². The number of benzene rings is 2. The molecular formula is C25H24FNO4. The lowest BCUT2D eigenvalue weighted by Crippen LogP contribution is -2.31. The van der Waals surface area contributed by atoms with Crippen LogP contribution in [0.2, 0.25) is 0 Å². The maximum Gasteiger partial charge on any atom is 0.309 e. The Hall–Kier alpha value is -3.25. The van der Waals surface area contributed by atoms with Crippen LogP contribution in [0.25, 0.3) is 28.0 Å². The summed E-state index contributed by atoms with van der Waals surface area (Å²) in [6, 6.07) is 13.4. The Kier molecular flexibility index (Phi) is 5.74. The van der Waals surface area contributed by atoms with Gasteiger partial charge in [0.15, 0.2) is 0 Å². The van der Waals surface area contributed by atoms with Crippen molar-refractivity contribution in [2.24, 2.45) is 0 Å². The third-order valence-corrected chi connectivity index (χ3v) is 5.47. The monoisotopic (exact) mass is 421 g/mol. The molecule has 1 aliphatic rings. The van der Waals surface area contributed by atoms with Gasteiger partial charge in [-0.05, 0) is 55.1 Å². The maximum absolute atomic E-state index is 13.6. The van der Waals surface area contributed by atoms with E-state index >= 15 is 0 Å². The second kappa shape index (κ2) is 8.47. The number of cyclic esters (lactones) is 1. The molecule has 2 heterocycles. The van der Waals surface area contributed by atoms with Crippen molar-refractivity contribution in [1.82, 2.24) is 4.57 Å². The van der Waals surface area contributed by atoms with Crippen LogP contribution in [0.15, 0.2) is 59.4 Å². The number of aliphatic hydroxyl groups excluding tert-OH is 1. The Bertz CT molecular complexity index is 1210. The fourth-order valence-electron chi connectivity index (χ4n) is 4.11. The first-order valence-corrected chi connectivity index (χ1v) is 10.3. The van der Waals surface area contributed by atoms with Crippen LogP contribution in [0.4, 0.5) is 4.39 Å². The van der Waals surface area contributed by atoms with Gasteiger partial charge in [0.2, 0.25) is 0 Å². The van der Waals surface area contributed by atoms with Crippen LogP contribution in [0, 0.1) is 5.82 Å². The molecule has 1 fully saturated rings. The van der Waals surface area contributed by atoms with Gasteiger partial charge >= 0.3 is 5.97 Å². The summed E-state index contributed by atoms with van der Waals surface area (Å²) in [7, 11) is 0. The molecule has 0 unspecified atom stereocenters. The fraction of sp³-hybridized carbons (Fsp3) is 0.280. The topological polar surface area (TPSA) is 68.5 Å². The van der Waals surface area contributed by atoms with Crippen LogP contribution in [0.3, 0.4) is 0 Å². The number of rotatable bonds is 4. The molecule has 0 bridgehead atoms. The van der Waals surface area contributed by atoms with E-state index in [1.165, 1.54) is 12.1 Å². The van der Waals surface area contributed by atoms with Gasteiger partial charge in [-0.25, -0.2) is 4.39 Å². The van der Waals surface area contributed by atoms with Crippen molar-refractivity contribution in [3.63, 3.8) is 0 Å². The van der Waals surface area contributed by atoms with E-state index in [0.29, 0.717) is 17.5 Å². The zero-order valence-corrected chi connectivity index (χ0v) is 17.4. The van der Waals surface area contributed by atoms with Gasteiger partial charge in [-0.1, -0.05) is 30.3 Å². The Morgan fingerprint density at radius 3 is 2.42 bits per heavy atom. The molecule has 1 saturated heterocycles. The van der Waals surface area contributed by atoms with Gasteiger partial charge in [-0.15, -0.1) is 0 Å². The number of pyridine rings is 1. The van der Waals surface area contributed by atoms with Gasteiger partial charge in [-0.2, -0.15) is 0 Å². The maximum atomic E-state index is 13.6. The number of aromatic nitrogens is 1.